The van der Waals surface area contributed by atoms with Crippen molar-refractivity contribution in [2.75, 3.05) is 19.5 Å². The van der Waals surface area contributed by atoms with Gasteiger partial charge in [-0.2, -0.15) is 15.0 Å². The summed E-state index contributed by atoms with van der Waals surface area (Å²) in [6, 6.07) is 1.81. The predicted molar refractivity (Wildman–Crippen MR) is 43.9 cm³/mol. The molecule has 6 nitrogen and oxygen atoms in total. The van der Waals surface area contributed by atoms with E-state index < -0.39 is 5.91 Å². The van der Waals surface area contributed by atoms with Gasteiger partial charge in [-0.25, -0.2) is 0 Å². The number of carbonyl (C=O) groups excluding carboxylic acids is 1. The van der Waals surface area contributed by atoms with Gasteiger partial charge in [0.05, 0.1) is 6.20 Å². The molecule has 1 aromatic rings. The molecule has 0 spiro atoms. The van der Waals surface area contributed by atoms with Crippen LogP contribution in [0, 0.1) is 11.3 Å². The van der Waals surface area contributed by atoms with Gasteiger partial charge >= 0.3 is 0 Å². The SMILES string of the molecule is COCC(=O)n1ncc(C#N)c1N. The van der Waals surface area contributed by atoms with Gasteiger partial charge in [-0.1, -0.05) is 0 Å². The van der Waals surface area contributed by atoms with Gasteiger partial charge in [-0.15, -0.1) is 0 Å². The van der Waals surface area contributed by atoms with Crippen LogP contribution in [-0.4, -0.2) is 29.4 Å². The van der Waals surface area contributed by atoms with Gasteiger partial charge in [0.2, 0.25) is 0 Å². The molecule has 0 radical (unpaired) electrons. The highest BCUT2D eigenvalue weighted by Crippen LogP contribution is 2.08. The number of hydrogen-bond acceptors (Lipinski definition) is 5. The van der Waals surface area contributed by atoms with Crippen LogP contribution in [-0.2, 0) is 4.74 Å². The van der Waals surface area contributed by atoms with Gasteiger partial charge in [0.1, 0.15) is 24.1 Å². The maximum Gasteiger partial charge on any atom is 0.274 e. The van der Waals surface area contributed by atoms with Gasteiger partial charge < -0.3 is 10.5 Å². The standard InChI is InChI=1S/C7H8N4O2/c1-13-4-6(12)11-7(9)5(2-8)3-10-11/h3H,4,9H2,1H3. The molecule has 0 aliphatic heterocycles. The van der Waals surface area contributed by atoms with E-state index in [0.717, 1.165) is 4.68 Å². The number of ether oxygens (including phenoxy) is 1. The number of nitrogen functional groups attached to an aromatic ring is 1. The Hall–Kier alpha value is -1.87. The second-order valence-electron chi connectivity index (χ2n) is 2.29. The van der Waals surface area contributed by atoms with Crippen molar-refractivity contribution < 1.29 is 9.53 Å². The first-order valence-corrected chi connectivity index (χ1v) is 3.46. The van der Waals surface area contributed by atoms with E-state index in [9.17, 15) is 4.79 Å². The van der Waals surface area contributed by atoms with E-state index in [1.165, 1.54) is 13.3 Å². The molecule has 0 aliphatic carbocycles. The van der Waals surface area contributed by atoms with Crippen molar-refractivity contribution in [3.8, 4) is 6.07 Å². The molecule has 68 valence electrons. The minimum absolute atomic E-state index is 0.0459. The van der Waals surface area contributed by atoms with E-state index in [-0.39, 0.29) is 18.0 Å². The second kappa shape index (κ2) is 3.69. The lowest BCUT2D eigenvalue weighted by atomic mass is 10.4. The molecule has 0 bridgehead atoms. The van der Waals surface area contributed by atoms with Crippen molar-refractivity contribution in [3.05, 3.63) is 11.8 Å². The maximum absolute atomic E-state index is 11.2. The second-order valence-corrected chi connectivity index (χ2v) is 2.29. The zero-order valence-corrected chi connectivity index (χ0v) is 7.02. The van der Waals surface area contributed by atoms with Crippen molar-refractivity contribution in [2.24, 2.45) is 0 Å². The fraction of sp³-hybridized carbons (Fsp3) is 0.286. The molecular formula is C7H8N4O2. The molecule has 0 unspecified atom stereocenters. The van der Waals surface area contributed by atoms with E-state index in [1.807, 2.05) is 6.07 Å². The number of rotatable bonds is 2. The fourth-order valence-corrected chi connectivity index (χ4v) is 0.827. The zero-order chi connectivity index (χ0) is 9.84. The Morgan fingerprint density at radius 2 is 2.62 bits per heavy atom. The Balaban J connectivity index is 2.97. The third-order valence-corrected chi connectivity index (χ3v) is 1.43. The Labute approximate surface area is 74.5 Å². The predicted octanol–water partition coefficient (Wildman–Crippen LogP) is -0.376. The van der Waals surface area contributed by atoms with Crippen LogP contribution in [0.4, 0.5) is 5.82 Å². The summed E-state index contributed by atoms with van der Waals surface area (Å²) in [7, 11) is 1.39. The largest absolute Gasteiger partial charge is 0.382 e. The summed E-state index contributed by atoms with van der Waals surface area (Å²) >= 11 is 0. The monoisotopic (exact) mass is 180 g/mol. The summed E-state index contributed by atoms with van der Waals surface area (Å²) in [5, 5.41) is 12.2. The quantitative estimate of drug-likeness (QED) is 0.669. The molecule has 0 saturated heterocycles. The summed E-state index contributed by atoms with van der Waals surface area (Å²) < 4.78 is 5.55. The summed E-state index contributed by atoms with van der Waals surface area (Å²) in [5.74, 6) is -0.356. The first-order chi connectivity index (χ1) is 6.20. The smallest absolute Gasteiger partial charge is 0.274 e. The molecule has 1 aromatic heterocycles. The number of anilines is 1. The summed E-state index contributed by atoms with van der Waals surface area (Å²) in [6.07, 6.45) is 1.24. The molecule has 0 aliphatic rings. The molecule has 0 saturated carbocycles. The lowest BCUT2D eigenvalue weighted by molar-refractivity contribution is 0.0748. The van der Waals surface area contributed by atoms with Gasteiger partial charge in [0.25, 0.3) is 5.91 Å². The number of nitrogens with zero attached hydrogens (tertiary/aromatic N) is 3. The number of methoxy groups -OCH3 is 1. The first-order valence-electron chi connectivity index (χ1n) is 3.46. The van der Waals surface area contributed by atoms with Gasteiger partial charge in [0, 0.05) is 7.11 Å². The average molecular weight is 180 g/mol. The fourth-order valence-electron chi connectivity index (χ4n) is 0.827. The molecule has 1 rings (SSSR count). The number of carbonyl (C=O) groups is 1. The molecule has 0 aromatic carbocycles. The van der Waals surface area contributed by atoms with Crippen LogP contribution in [0.25, 0.3) is 0 Å². The van der Waals surface area contributed by atoms with Crippen LogP contribution in [0.15, 0.2) is 6.20 Å². The van der Waals surface area contributed by atoms with Crippen molar-refractivity contribution >= 4 is 11.7 Å². The Bertz CT molecular complexity index is 363. The number of nitriles is 1. The normalized spacial score (nSPS) is 9.54. The van der Waals surface area contributed by atoms with E-state index in [4.69, 9.17) is 11.0 Å². The maximum atomic E-state index is 11.2. The lowest BCUT2D eigenvalue weighted by Gasteiger charge is -2.00. The number of hydrogen-bond donors (Lipinski definition) is 1. The summed E-state index contributed by atoms with van der Waals surface area (Å²) in [6.45, 7) is -0.114. The van der Waals surface area contributed by atoms with Crippen LogP contribution < -0.4 is 5.73 Å². The van der Waals surface area contributed by atoms with Crippen LogP contribution in [0.3, 0.4) is 0 Å². The highest BCUT2D eigenvalue weighted by atomic mass is 16.5. The number of aromatic nitrogens is 2. The summed E-state index contributed by atoms with van der Waals surface area (Å²) in [4.78, 5) is 11.2. The Kier molecular flexibility index (Phi) is 2.62. The zero-order valence-electron chi connectivity index (χ0n) is 7.02. The van der Waals surface area contributed by atoms with Gasteiger partial charge in [-0.05, 0) is 0 Å². The molecule has 13 heavy (non-hydrogen) atoms. The van der Waals surface area contributed by atoms with Crippen LogP contribution in [0.1, 0.15) is 10.4 Å². The Morgan fingerprint density at radius 1 is 1.92 bits per heavy atom. The molecule has 0 atom stereocenters. The molecule has 6 heteroatoms. The van der Waals surface area contributed by atoms with Crippen molar-refractivity contribution in [2.45, 2.75) is 0 Å². The summed E-state index contributed by atoms with van der Waals surface area (Å²) in [5.41, 5.74) is 5.63. The van der Waals surface area contributed by atoms with E-state index in [2.05, 4.69) is 9.84 Å². The van der Waals surface area contributed by atoms with Crippen molar-refractivity contribution in [3.63, 3.8) is 0 Å². The third kappa shape index (κ3) is 1.65. The van der Waals surface area contributed by atoms with Gasteiger partial charge in [-0.3, -0.25) is 4.79 Å². The van der Waals surface area contributed by atoms with E-state index in [0.29, 0.717) is 0 Å². The van der Waals surface area contributed by atoms with E-state index >= 15 is 0 Å². The van der Waals surface area contributed by atoms with Crippen LogP contribution in [0.2, 0.25) is 0 Å². The first kappa shape index (κ1) is 9.22. The molecule has 1 heterocycles. The van der Waals surface area contributed by atoms with Crippen molar-refractivity contribution in [1.29, 1.82) is 5.26 Å². The molecule has 0 amide bonds. The lowest BCUT2D eigenvalue weighted by Crippen LogP contribution is -2.19. The third-order valence-electron chi connectivity index (χ3n) is 1.43. The topological polar surface area (TPSA) is 93.9 Å². The van der Waals surface area contributed by atoms with Crippen LogP contribution in [0.5, 0.6) is 0 Å². The highest BCUT2D eigenvalue weighted by molar-refractivity contribution is 5.83. The molecular weight excluding hydrogens is 172 g/mol. The molecule has 2 N–H and O–H groups in total. The minimum Gasteiger partial charge on any atom is -0.382 e. The van der Waals surface area contributed by atoms with Gasteiger partial charge in [0.15, 0.2) is 0 Å². The Morgan fingerprint density at radius 3 is 3.08 bits per heavy atom. The molecule has 0 fully saturated rings. The van der Waals surface area contributed by atoms with Crippen molar-refractivity contribution in [1.82, 2.24) is 9.78 Å². The average Bonchev–Trinajstić information content (AvgIpc) is 2.47. The van der Waals surface area contributed by atoms with Crippen LogP contribution >= 0.6 is 0 Å². The highest BCUT2D eigenvalue weighted by Gasteiger charge is 2.12. The minimum atomic E-state index is -0.401. The number of nitrogens with two attached hydrogens (primary N) is 1. The van der Waals surface area contributed by atoms with E-state index in [1.54, 1.807) is 0 Å².